The number of nitrogens with one attached hydrogen (secondary N) is 2. The highest BCUT2D eigenvalue weighted by molar-refractivity contribution is 7.19. The minimum Gasteiger partial charge on any atom is -0.369 e. The first-order valence-corrected chi connectivity index (χ1v) is 15.9. The van der Waals surface area contributed by atoms with Gasteiger partial charge in [-0.15, -0.1) is 10.2 Å². The number of anilines is 4. The number of carbonyl (C=O) groups is 2. The summed E-state index contributed by atoms with van der Waals surface area (Å²) < 4.78 is 0. The average molecular weight is 611 g/mol. The summed E-state index contributed by atoms with van der Waals surface area (Å²) in [5.74, 6) is -0.194. The first kappa shape index (κ1) is 29.7. The van der Waals surface area contributed by atoms with E-state index < -0.39 is 0 Å². The second-order valence-electron chi connectivity index (χ2n) is 11.4. The highest BCUT2D eigenvalue weighted by atomic mass is 32.1. The molecule has 2 saturated heterocycles. The molecular weight excluding hydrogens is 572 g/mol. The number of aromatic nitrogens is 2. The molecule has 2 aliphatic heterocycles. The molecule has 0 aliphatic carbocycles. The molecule has 10 nitrogen and oxygen atoms in total. The molecule has 11 heteroatoms. The first-order valence-electron chi connectivity index (χ1n) is 15.1. The zero-order valence-corrected chi connectivity index (χ0v) is 25.8. The molecule has 3 heterocycles. The van der Waals surface area contributed by atoms with Gasteiger partial charge in [-0.3, -0.25) is 14.5 Å². The lowest BCUT2D eigenvalue weighted by Crippen LogP contribution is -2.45. The molecule has 0 radical (unpaired) electrons. The highest BCUT2D eigenvalue weighted by Gasteiger charge is 2.21. The van der Waals surface area contributed by atoms with Crippen LogP contribution in [0.1, 0.15) is 21.5 Å². The van der Waals surface area contributed by atoms with Crippen LogP contribution in [0, 0.1) is 0 Å². The lowest BCUT2D eigenvalue weighted by Gasteiger charge is -2.34. The normalized spacial score (nSPS) is 16.1. The summed E-state index contributed by atoms with van der Waals surface area (Å²) in [5.41, 5.74) is 4.67. The average Bonchev–Trinajstić information content (AvgIpc) is 3.51. The van der Waals surface area contributed by atoms with Crippen molar-refractivity contribution in [2.24, 2.45) is 0 Å². The number of rotatable bonds is 9. The van der Waals surface area contributed by atoms with Gasteiger partial charge >= 0.3 is 0 Å². The third-order valence-electron chi connectivity index (χ3n) is 8.08. The van der Waals surface area contributed by atoms with Gasteiger partial charge in [0.1, 0.15) is 0 Å². The van der Waals surface area contributed by atoms with Gasteiger partial charge in [-0.25, -0.2) is 0 Å². The maximum absolute atomic E-state index is 13.1. The Balaban J connectivity index is 0.981. The van der Waals surface area contributed by atoms with Gasteiger partial charge in [-0.2, -0.15) is 0 Å². The minimum atomic E-state index is -0.0978. The van der Waals surface area contributed by atoms with E-state index in [1.807, 2.05) is 60.7 Å². The fourth-order valence-corrected chi connectivity index (χ4v) is 6.37. The van der Waals surface area contributed by atoms with Crippen molar-refractivity contribution in [3.8, 4) is 0 Å². The Morgan fingerprint density at radius 1 is 0.750 bits per heavy atom. The van der Waals surface area contributed by atoms with E-state index in [0.29, 0.717) is 17.1 Å². The van der Waals surface area contributed by atoms with Gasteiger partial charge in [-0.1, -0.05) is 59.9 Å². The molecule has 2 N–H and O–H groups in total. The van der Waals surface area contributed by atoms with Crippen LogP contribution in [-0.4, -0.2) is 91.2 Å². The summed E-state index contributed by atoms with van der Waals surface area (Å²) in [6.45, 7) is 8.19. The summed E-state index contributed by atoms with van der Waals surface area (Å²) >= 11 is 1.41. The molecule has 2 aliphatic rings. The van der Waals surface area contributed by atoms with E-state index in [2.05, 4.69) is 65.7 Å². The lowest BCUT2D eigenvalue weighted by atomic mass is 10.1. The second kappa shape index (κ2) is 14.0. The van der Waals surface area contributed by atoms with Crippen LogP contribution in [0.2, 0.25) is 0 Å². The van der Waals surface area contributed by atoms with Crippen molar-refractivity contribution in [1.82, 2.24) is 20.0 Å². The van der Waals surface area contributed by atoms with E-state index in [1.54, 1.807) is 0 Å². The number of amides is 2. The Morgan fingerprint density at radius 2 is 1.48 bits per heavy atom. The van der Waals surface area contributed by atoms with Crippen LogP contribution in [0.15, 0.2) is 78.9 Å². The largest absolute Gasteiger partial charge is 0.369 e. The Morgan fingerprint density at radius 3 is 2.27 bits per heavy atom. The van der Waals surface area contributed by atoms with Crippen molar-refractivity contribution >= 4 is 44.8 Å². The van der Waals surface area contributed by atoms with Crippen molar-refractivity contribution in [3.63, 3.8) is 0 Å². The molecule has 1 aromatic heterocycles. The molecule has 44 heavy (non-hydrogen) atoms. The number of carbonyl (C=O) groups excluding carboxylic acids is 2. The molecule has 2 amide bonds. The summed E-state index contributed by atoms with van der Waals surface area (Å²) in [4.78, 5) is 34.8. The van der Waals surface area contributed by atoms with Gasteiger partial charge in [-0.05, 0) is 48.5 Å². The molecular formula is C33H38N8O2S. The fourth-order valence-electron chi connectivity index (χ4n) is 5.55. The topological polar surface area (TPSA) is 96.9 Å². The SMILES string of the molecule is CN1CCN(c2cccc(C(=O)Nc3cccc(CN4CCN(c5nnc(NC(=O)Cc6ccccc6)s5)CC4)c3)c2)CC1. The molecule has 6 rings (SSSR count). The number of hydrogen-bond acceptors (Lipinski definition) is 9. The van der Waals surface area contributed by atoms with Gasteiger partial charge in [0.25, 0.3) is 5.91 Å². The maximum atomic E-state index is 13.1. The third-order valence-corrected chi connectivity index (χ3v) is 8.98. The highest BCUT2D eigenvalue weighted by Crippen LogP contribution is 2.26. The summed E-state index contributed by atoms with van der Waals surface area (Å²) in [7, 11) is 2.14. The number of benzene rings is 3. The molecule has 0 unspecified atom stereocenters. The minimum absolute atomic E-state index is 0.0960. The zero-order chi connectivity index (χ0) is 30.3. The Bertz CT molecular complexity index is 1560. The smallest absolute Gasteiger partial charge is 0.255 e. The van der Waals surface area contributed by atoms with E-state index in [-0.39, 0.29) is 11.8 Å². The van der Waals surface area contributed by atoms with Crippen molar-refractivity contribution in [2.75, 3.05) is 79.8 Å². The predicted octanol–water partition coefficient (Wildman–Crippen LogP) is 4.05. The summed E-state index contributed by atoms with van der Waals surface area (Å²) in [6, 6.07) is 25.7. The van der Waals surface area contributed by atoms with Crippen LogP contribution in [0.4, 0.5) is 21.6 Å². The molecule has 0 bridgehead atoms. The van der Waals surface area contributed by atoms with Crippen LogP contribution < -0.4 is 20.4 Å². The second-order valence-corrected chi connectivity index (χ2v) is 12.3. The first-order chi connectivity index (χ1) is 21.5. The van der Waals surface area contributed by atoms with E-state index in [1.165, 1.54) is 11.3 Å². The summed E-state index contributed by atoms with van der Waals surface area (Å²) in [5, 5.41) is 15.8. The van der Waals surface area contributed by atoms with Crippen LogP contribution in [-0.2, 0) is 17.8 Å². The van der Waals surface area contributed by atoms with Crippen LogP contribution in [0.25, 0.3) is 0 Å². The van der Waals surface area contributed by atoms with Gasteiger partial charge in [0.05, 0.1) is 6.42 Å². The van der Waals surface area contributed by atoms with Gasteiger partial charge in [0.2, 0.25) is 16.2 Å². The molecule has 3 aromatic carbocycles. The lowest BCUT2D eigenvalue weighted by molar-refractivity contribution is -0.115. The van der Waals surface area contributed by atoms with Crippen LogP contribution >= 0.6 is 11.3 Å². The quantitative estimate of drug-likeness (QED) is 0.293. The molecule has 228 valence electrons. The standard InChI is InChI=1S/C33H38N8O2S/c1-38-13-17-40(18-14-38)29-12-6-10-27(23-29)31(43)34-28-11-5-9-26(21-28)24-39-15-19-41(20-16-39)33-37-36-32(44-33)35-30(42)22-25-7-3-2-4-8-25/h2-12,21,23H,13-20,22,24H2,1H3,(H,34,43)(H,35,36,42). The van der Waals surface area contributed by atoms with Crippen molar-refractivity contribution in [3.05, 3.63) is 95.6 Å². The number of hydrogen-bond donors (Lipinski definition) is 2. The van der Waals surface area contributed by atoms with Crippen LogP contribution in [0.3, 0.4) is 0 Å². The zero-order valence-electron chi connectivity index (χ0n) is 25.0. The molecule has 0 atom stereocenters. The van der Waals surface area contributed by atoms with Gasteiger partial charge < -0.3 is 25.3 Å². The number of likely N-dealkylation sites (N-methyl/N-ethyl adjacent to an activating group) is 1. The Labute approximate surface area is 262 Å². The summed E-state index contributed by atoms with van der Waals surface area (Å²) in [6.07, 6.45) is 0.309. The fraction of sp³-hybridized carbons (Fsp3) is 0.333. The van der Waals surface area contributed by atoms with Crippen molar-refractivity contribution in [1.29, 1.82) is 0 Å². The van der Waals surface area contributed by atoms with E-state index in [9.17, 15) is 9.59 Å². The predicted molar refractivity (Wildman–Crippen MR) is 177 cm³/mol. The Hall–Kier alpha value is -4.32. The molecule has 4 aromatic rings. The maximum Gasteiger partial charge on any atom is 0.255 e. The molecule has 0 saturated carbocycles. The van der Waals surface area contributed by atoms with Gasteiger partial charge in [0.15, 0.2) is 0 Å². The number of piperazine rings is 2. The van der Waals surface area contributed by atoms with Gasteiger partial charge in [0, 0.05) is 75.8 Å². The number of nitrogens with zero attached hydrogens (tertiary/aromatic N) is 6. The van der Waals surface area contributed by atoms with E-state index >= 15 is 0 Å². The molecule has 2 fully saturated rings. The van der Waals surface area contributed by atoms with Crippen molar-refractivity contribution < 1.29 is 9.59 Å². The monoisotopic (exact) mass is 610 g/mol. The molecule has 0 spiro atoms. The van der Waals surface area contributed by atoms with Crippen LogP contribution in [0.5, 0.6) is 0 Å². The van der Waals surface area contributed by atoms with Crippen molar-refractivity contribution in [2.45, 2.75) is 13.0 Å². The Kier molecular flexibility index (Phi) is 9.45. The van der Waals surface area contributed by atoms with E-state index in [4.69, 9.17) is 0 Å². The van der Waals surface area contributed by atoms with E-state index in [0.717, 1.165) is 86.5 Å². The third kappa shape index (κ3) is 7.79.